The second-order valence-electron chi connectivity index (χ2n) is 9.65. The summed E-state index contributed by atoms with van der Waals surface area (Å²) in [6.07, 6.45) is 6.72. The van der Waals surface area contributed by atoms with E-state index in [0.717, 1.165) is 61.5 Å². The Kier molecular flexibility index (Phi) is 4.77. The highest BCUT2D eigenvalue weighted by molar-refractivity contribution is 6.35. The highest BCUT2D eigenvalue weighted by Gasteiger charge is 2.46. The molecule has 2 fully saturated rings. The maximum absolute atomic E-state index is 13.1. The number of carbonyl (C=O) groups is 1. The van der Waals surface area contributed by atoms with Gasteiger partial charge in [0.1, 0.15) is 5.82 Å². The highest BCUT2D eigenvalue weighted by Crippen LogP contribution is 2.52. The molecule has 1 N–H and O–H groups in total. The molecule has 2 aromatic carbocycles. The zero-order valence-electron chi connectivity index (χ0n) is 18.4. The van der Waals surface area contributed by atoms with Crippen molar-refractivity contribution >= 4 is 34.2 Å². The number of piperidine rings is 1. The summed E-state index contributed by atoms with van der Waals surface area (Å²) < 4.78 is 2.16. The number of halogens is 1. The van der Waals surface area contributed by atoms with Crippen LogP contribution in [-0.4, -0.2) is 33.7 Å². The predicted octanol–water partition coefficient (Wildman–Crippen LogP) is 4.90. The number of fused-ring (bicyclic) bond motifs is 7. The van der Waals surface area contributed by atoms with Gasteiger partial charge in [-0.15, -0.1) is 0 Å². The van der Waals surface area contributed by atoms with Crippen LogP contribution in [0.4, 0.5) is 5.69 Å². The summed E-state index contributed by atoms with van der Waals surface area (Å²) >= 11 is 6.45. The van der Waals surface area contributed by atoms with E-state index < -0.39 is 5.97 Å². The van der Waals surface area contributed by atoms with Crippen LogP contribution in [0.5, 0.6) is 0 Å². The standard InChI is InChI=1S/C26H26ClN3O3/c27-19-5-4-6-20-22(19)23(31)28-25-26(11-2-1-3-12-26)18-8-7-17(15-21(18)30(20)25)29-13-9-16(10-14-29)24(32)33/h4-8,15-16H,1-3,9-14H2,(H,32,33). The lowest BCUT2D eigenvalue weighted by Gasteiger charge is -2.34. The maximum atomic E-state index is 13.1. The van der Waals surface area contributed by atoms with Gasteiger partial charge < -0.3 is 10.0 Å². The van der Waals surface area contributed by atoms with Gasteiger partial charge in [-0.2, -0.15) is 4.98 Å². The molecule has 6 rings (SSSR count). The van der Waals surface area contributed by atoms with E-state index >= 15 is 0 Å². The van der Waals surface area contributed by atoms with Gasteiger partial charge in [-0.05, 0) is 55.5 Å². The van der Waals surface area contributed by atoms with E-state index in [4.69, 9.17) is 11.6 Å². The molecule has 3 aromatic rings. The maximum Gasteiger partial charge on any atom is 0.306 e. The third kappa shape index (κ3) is 3.03. The van der Waals surface area contributed by atoms with Crippen LogP contribution in [0.2, 0.25) is 5.02 Å². The van der Waals surface area contributed by atoms with E-state index in [1.165, 1.54) is 12.0 Å². The van der Waals surface area contributed by atoms with Crippen LogP contribution < -0.4 is 10.5 Å². The molecule has 7 heteroatoms. The van der Waals surface area contributed by atoms with Gasteiger partial charge in [-0.1, -0.05) is 43.0 Å². The van der Waals surface area contributed by atoms with Crippen molar-refractivity contribution in [2.45, 2.75) is 50.4 Å². The Morgan fingerprint density at radius 3 is 2.58 bits per heavy atom. The largest absolute Gasteiger partial charge is 0.481 e. The number of aromatic nitrogens is 2. The molecule has 1 saturated carbocycles. The minimum atomic E-state index is -0.699. The van der Waals surface area contributed by atoms with Crippen molar-refractivity contribution in [3.05, 3.63) is 63.2 Å². The predicted molar refractivity (Wildman–Crippen MR) is 129 cm³/mol. The van der Waals surface area contributed by atoms with E-state index in [1.54, 1.807) is 6.07 Å². The Morgan fingerprint density at radius 1 is 1.09 bits per heavy atom. The van der Waals surface area contributed by atoms with Gasteiger partial charge in [0.15, 0.2) is 0 Å². The Labute approximate surface area is 196 Å². The van der Waals surface area contributed by atoms with Crippen LogP contribution in [-0.2, 0) is 10.2 Å². The second kappa shape index (κ2) is 7.59. The number of hydrogen-bond donors (Lipinski definition) is 1. The number of hydrogen-bond acceptors (Lipinski definition) is 4. The lowest BCUT2D eigenvalue weighted by atomic mass is 9.70. The molecule has 1 spiro atoms. The monoisotopic (exact) mass is 463 g/mol. The van der Waals surface area contributed by atoms with Crippen molar-refractivity contribution in [2.24, 2.45) is 5.92 Å². The van der Waals surface area contributed by atoms with Crippen molar-refractivity contribution in [1.29, 1.82) is 0 Å². The van der Waals surface area contributed by atoms with Crippen LogP contribution in [0.15, 0.2) is 41.2 Å². The van der Waals surface area contributed by atoms with Gasteiger partial charge in [0.05, 0.1) is 32.9 Å². The summed E-state index contributed by atoms with van der Waals surface area (Å²) in [6.45, 7) is 1.45. The zero-order valence-corrected chi connectivity index (χ0v) is 19.1. The number of nitrogens with zero attached hydrogens (tertiary/aromatic N) is 3. The molecule has 0 amide bonds. The van der Waals surface area contributed by atoms with Crippen molar-refractivity contribution in [2.75, 3.05) is 18.0 Å². The summed E-state index contributed by atoms with van der Waals surface area (Å²) in [5.41, 5.74) is 3.72. The minimum Gasteiger partial charge on any atom is -0.481 e. The molecule has 0 bridgehead atoms. The Bertz CT molecular complexity index is 1330. The topological polar surface area (TPSA) is 75.4 Å². The SMILES string of the molecule is O=C(O)C1CCN(c2ccc3c(c2)-n2c(nc(=O)c4c(Cl)cccc42)C32CCCCC2)CC1. The Hall–Kier alpha value is -2.86. The third-order valence-electron chi connectivity index (χ3n) is 7.95. The molecule has 0 atom stereocenters. The molecular formula is C26H26ClN3O3. The van der Waals surface area contributed by atoms with Crippen molar-refractivity contribution in [1.82, 2.24) is 9.55 Å². The van der Waals surface area contributed by atoms with Crippen LogP contribution in [0, 0.1) is 5.92 Å². The number of benzene rings is 2. The first-order valence-corrected chi connectivity index (χ1v) is 12.2. The number of anilines is 1. The van der Waals surface area contributed by atoms with Crippen molar-refractivity contribution in [3.8, 4) is 5.69 Å². The summed E-state index contributed by atoms with van der Waals surface area (Å²) in [7, 11) is 0. The molecule has 0 radical (unpaired) electrons. The smallest absolute Gasteiger partial charge is 0.306 e. The second-order valence-corrected chi connectivity index (χ2v) is 10.1. The van der Waals surface area contributed by atoms with Gasteiger partial charge in [-0.3, -0.25) is 14.2 Å². The number of carboxylic acid groups (broad SMARTS) is 1. The number of carboxylic acids is 1. The third-order valence-corrected chi connectivity index (χ3v) is 8.26. The molecule has 3 aliphatic rings. The molecule has 1 aromatic heterocycles. The fourth-order valence-corrected chi connectivity index (χ4v) is 6.50. The number of rotatable bonds is 2. The minimum absolute atomic E-state index is 0.238. The average molecular weight is 464 g/mol. The van der Waals surface area contributed by atoms with Crippen LogP contribution in [0.3, 0.4) is 0 Å². The lowest BCUT2D eigenvalue weighted by molar-refractivity contribution is -0.142. The average Bonchev–Trinajstić information content (AvgIpc) is 3.08. The first-order chi connectivity index (χ1) is 16.0. The summed E-state index contributed by atoms with van der Waals surface area (Å²) in [5, 5.41) is 10.2. The molecule has 1 aliphatic carbocycles. The first kappa shape index (κ1) is 20.7. The zero-order chi connectivity index (χ0) is 22.7. The molecule has 0 unspecified atom stereocenters. The fourth-order valence-electron chi connectivity index (χ4n) is 6.25. The quantitative estimate of drug-likeness (QED) is 0.584. The van der Waals surface area contributed by atoms with E-state index in [0.29, 0.717) is 23.3 Å². The van der Waals surface area contributed by atoms with E-state index in [-0.39, 0.29) is 16.9 Å². The van der Waals surface area contributed by atoms with E-state index in [2.05, 4.69) is 32.7 Å². The molecule has 1 saturated heterocycles. The van der Waals surface area contributed by atoms with Gasteiger partial charge in [0.2, 0.25) is 0 Å². The molecule has 170 valence electrons. The van der Waals surface area contributed by atoms with Crippen LogP contribution in [0.25, 0.3) is 16.6 Å². The van der Waals surface area contributed by atoms with Gasteiger partial charge >= 0.3 is 5.97 Å². The number of aliphatic carboxylic acids is 1. The summed E-state index contributed by atoms with van der Waals surface area (Å²) in [5.74, 6) is -0.115. The highest BCUT2D eigenvalue weighted by atomic mass is 35.5. The van der Waals surface area contributed by atoms with Gasteiger partial charge in [0.25, 0.3) is 5.56 Å². The fraction of sp³-hybridized carbons (Fsp3) is 0.423. The van der Waals surface area contributed by atoms with Crippen molar-refractivity contribution in [3.63, 3.8) is 0 Å². The molecular weight excluding hydrogens is 438 g/mol. The lowest BCUT2D eigenvalue weighted by Crippen LogP contribution is -2.36. The molecule has 33 heavy (non-hydrogen) atoms. The van der Waals surface area contributed by atoms with E-state index in [9.17, 15) is 14.7 Å². The molecule has 6 nitrogen and oxygen atoms in total. The van der Waals surface area contributed by atoms with Crippen molar-refractivity contribution < 1.29 is 9.90 Å². The van der Waals surface area contributed by atoms with Crippen LogP contribution in [0.1, 0.15) is 56.3 Å². The Morgan fingerprint density at radius 2 is 1.85 bits per heavy atom. The van der Waals surface area contributed by atoms with Gasteiger partial charge in [-0.25, -0.2) is 0 Å². The van der Waals surface area contributed by atoms with E-state index in [1.807, 2.05) is 12.1 Å². The molecule has 3 heterocycles. The summed E-state index contributed by atoms with van der Waals surface area (Å²) in [4.78, 5) is 31.4. The first-order valence-electron chi connectivity index (χ1n) is 11.8. The summed E-state index contributed by atoms with van der Waals surface area (Å²) in [6, 6.07) is 12.2. The normalized spacial score (nSPS) is 19.6. The Balaban J connectivity index is 1.54. The molecule has 2 aliphatic heterocycles. The van der Waals surface area contributed by atoms with Gasteiger partial charge in [0, 0.05) is 18.8 Å². The van der Waals surface area contributed by atoms with Crippen LogP contribution >= 0.6 is 11.6 Å².